The van der Waals surface area contributed by atoms with Gasteiger partial charge in [-0.1, -0.05) is 6.42 Å². The molecule has 0 aromatic heterocycles. The van der Waals surface area contributed by atoms with Gasteiger partial charge in [-0.3, -0.25) is 19.2 Å². The number of carbonyl (C=O) groups excluding carboxylic acids is 4. The third-order valence-electron chi connectivity index (χ3n) is 6.19. The molecule has 0 aliphatic carbocycles. The molecule has 1 heterocycles. The number of likely N-dealkylation sites (tertiary alicyclic amines) is 1. The van der Waals surface area contributed by atoms with Crippen LogP contribution in [0.3, 0.4) is 0 Å². The maximum absolute atomic E-state index is 13.0. The van der Waals surface area contributed by atoms with E-state index in [0.717, 1.165) is 6.42 Å². The van der Waals surface area contributed by atoms with Crippen LogP contribution in [0.2, 0.25) is 0 Å². The molecular formula is C23H43N7O6. The van der Waals surface area contributed by atoms with Crippen molar-refractivity contribution in [2.75, 3.05) is 19.6 Å². The summed E-state index contributed by atoms with van der Waals surface area (Å²) in [5.74, 6) is -3.21. The maximum atomic E-state index is 13.0. The van der Waals surface area contributed by atoms with Gasteiger partial charge in [-0.25, -0.2) is 4.79 Å². The van der Waals surface area contributed by atoms with E-state index >= 15 is 0 Å². The SMILES string of the molecule is C[C@H](NC(=O)[C@@H](N)CCCCN)C(=O)N[C@@H](CCCCN)C(=O)N[C@@H](C)C(=O)N1CCC[C@H]1C(=O)O. The van der Waals surface area contributed by atoms with Gasteiger partial charge in [0, 0.05) is 6.54 Å². The average molecular weight is 514 g/mol. The topological polar surface area (TPSA) is 223 Å². The van der Waals surface area contributed by atoms with Crippen LogP contribution < -0.4 is 33.2 Å². The second-order valence-electron chi connectivity index (χ2n) is 9.23. The lowest BCUT2D eigenvalue weighted by atomic mass is 10.1. The zero-order valence-electron chi connectivity index (χ0n) is 21.3. The number of carbonyl (C=O) groups is 5. The van der Waals surface area contributed by atoms with Gasteiger partial charge < -0.3 is 43.2 Å². The predicted molar refractivity (Wildman–Crippen MR) is 133 cm³/mol. The van der Waals surface area contributed by atoms with Crippen LogP contribution in [0.5, 0.6) is 0 Å². The molecule has 0 aromatic carbocycles. The lowest BCUT2D eigenvalue weighted by Crippen LogP contribution is -2.57. The highest BCUT2D eigenvalue weighted by Crippen LogP contribution is 2.18. The molecule has 0 bridgehead atoms. The van der Waals surface area contributed by atoms with E-state index in [9.17, 15) is 29.1 Å². The molecule has 1 aliphatic rings. The summed E-state index contributed by atoms with van der Waals surface area (Å²) >= 11 is 0. The zero-order valence-corrected chi connectivity index (χ0v) is 21.3. The molecule has 0 spiro atoms. The van der Waals surface area contributed by atoms with Crippen molar-refractivity contribution in [1.82, 2.24) is 20.9 Å². The van der Waals surface area contributed by atoms with Crippen LogP contribution in [0, 0.1) is 0 Å². The molecule has 4 amide bonds. The van der Waals surface area contributed by atoms with Crippen LogP contribution in [0.15, 0.2) is 0 Å². The van der Waals surface area contributed by atoms with E-state index in [0.29, 0.717) is 58.2 Å². The summed E-state index contributed by atoms with van der Waals surface area (Å²) in [6.07, 6.45) is 4.26. The Kier molecular flexibility index (Phi) is 14.0. The van der Waals surface area contributed by atoms with Gasteiger partial charge in [0.1, 0.15) is 24.2 Å². The summed E-state index contributed by atoms with van der Waals surface area (Å²) < 4.78 is 0. The van der Waals surface area contributed by atoms with Crippen molar-refractivity contribution in [1.29, 1.82) is 0 Å². The number of nitrogens with zero attached hydrogens (tertiary/aromatic N) is 1. The fraction of sp³-hybridized carbons (Fsp3) is 0.783. The molecule has 0 aromatic rings. The normalized spacial score (nSPS) is 18.6. The van der Waals surface area contributed by atoms with Crippen LogP contribution in [0.1, 0.15) is 65.2 Å². The Hall–Kier alpha value is -2.77. The number of carboxylic acid groups (broad SMARTS) is 1. The molecule has 0 radical (unpaired) electrons. The highest BCUT2D eigenvalue weighted by Gasteiger charge is 2.37. The fourth-order valence-electron chi connectivity index (χ4n) is 4.00. The van der Waals surface area contributed by atoms with E-state index in [1.807, 2.05) is 0 Å². The van der Waals surface area contributed by atoms with Crippen LogP contribution >= 0.6 is 0 Å². The Bertz CT molecular complexity index is 765. The lowest BCUT2D eigenvalue weighted by molar-refractivity contribution is -0.149. The lowest BCUT2D eigenvalue weighted by Gasteiger charge is -2.27. The van der Waals surface area contributed by atoms with Crippen molar-refractivity contribution in [2.24, 2.45) is 17.2 Å². The molecule has 13 heteroatoms. The number of amides is 4. The van der Waals surface area contributed by atoms with Crippen molar-refractivity contribution < 1.29 is 29.1 Å². The zero-order chi connectivity index (χ0) is 27.3. The minimum absolute atomic E-state index is 0.274. The minimum Gasteiger partial charge on any atom is -0.480 e. The Balaban J connectivity index is 2.74. The first-order chi connectivity index (χ1) is 17.0. The van der Waals surface area contributed by atoms with E-state index in [2.05, 4.69) is 16.0 Å². The van der Waals surface area contributed by atoms with E-state index < -0.39 is 59.8 Å². The number of nitrogens with one attached hydrogen (secondary N) is 3. The van der Waals surface area contributed by atoms with Crippen molar-refractivity contribution in [3.63, 3.8) is 0 Å². The third kappa shape index (κ3) is 10.1. The Morgan fingerprint density at radius 3 is 2.03 bits per heavy atom. The van der Waals surface area contributed by atoms with Gasteiger partial charge in [0.15, 0.2) is 0 Å². The number of nitrogens with two attached hydrogens (primary N) is 3. The third-order valence-corrected chi connectivity index (χ3v) is 6.19. The molecule has 10 N–H and O–H groups in total. The Morgan fingerprint density at radius 2 is 1.44 bits per heavy atom. The van der Waals surface area contributed by atoms with Gasteiger partial charge >= 0.3 is 5.97 Å². The monoisotopic (exact) mass is 513 g/mol. The summed E-state index contributed by atoms with van der Waals surface area (Å²) in [4.78, 5) is 63.4. The van der Waals surface area contributed by atoms with Crippen molar-refractivity contribution in [3.05, 3.63) is 0 Å². The second kappa shape index (κ2) is 16.1. The van der Waals surface area contributed by atoms with Gasteiger partial charge in [-0.2, -0.15) is 0 Å². The maximum Gasteiger partial charge on any atom is 0.326 e. The molecular weight excluding hydrogens is 470 g/mol. The Morgan fingerprint density at radius 1 is 0.861 bits per heavy atom. The van der Waals surface area contributed by atoms with Gasteiger partial charge in [-0.05, 0) is 71.9 Å². The Labute approximate surface area is 212 Å². The standard InChI is InChI=1S/C23H43N7O6/c1-14(27-20(32)16(26)8-3-5-11-24)19(31)29-17(9-4-6-12-25)21(33)28-15(2)22(34)30-13-7-10-18(30)23(35)36/h14-18H,3-13,24-26H2,1-2H3,(H,27,32)(H,28,33)(H,29,31)(H,35,36)/t14-,15-,16-,17-,18-/m0/s1. The summed E-state index contributed by atoms with van der Waals surface area (Å²) in [5, 5.41) is 17.1. The molecule has 206 valence electrons. The van der Waals surface area contributed by atoms with Crippen LogP contribution in [-0.4, -0.2) is 89.4 Å². The molecule has 1 saturated heterocycles. The first-order valence-corrected chi connectivity index (χ1v) is 12.6. The van der Waals surface area contributed by atoms with Crippen LogP contribution in [0.25, 0.3) is 0 Å². The number of hydrogen-bond donors (Lipinski definition) is 7. The molecule has 1 aliphatic heterocycles. The molecule has 0 unspecified atom stereocenters. The quantitative estimate of drug-likeness (QED) is 0.115. The van der Waals surface area contributed by atoms with Crippen LogP contribution in [-0.2, 0) is 24.0 Å². The molecule has 1 rings (SSSR count). The number of carboxylic acids is 1. The van der Waals surface area contributed by atoms with E-state index in [4.69, 9.17) is 17.2 Å². The van der Waals surface area contributed by atoms with Gasteiger partial charge in [0.05, 0.1) is 6.04 Å². The minimum atomic E-state index is -1.08. The predicted octanol–water partition coefficient (Wildman–Crippen LogP) is -1.86. The number of hydrogen-bond acceptors (Lipinski definition) is 8. The first kappa shape index (κ1) is 31.3. The smallest absolute Gasteiger partial charge is 0.326 e. The molecule has 13 nitrogen and oxygen atoms in total. The van der Waals surface area contributed by atoms with Crippen molar-refractivity contribution >= 4 is 29.6 Å². The van der Waals surface area contributed by atoms with Crippen molar-refractivity contribution in [3.8, 4) is 0 Å². The second-order valence-corrected chi connectivity index (χ2v) is 9.23. The van der Waals surface area contributed by atoms with E-state index in [1.54, 1.807) is 0 Å². The summed E-state index contributed by atoms with van der Waals surface area (Å²) in [7, 11) is 0. The average Bonchev–Trinajstić information content (AvgIpc) is 3.33. The van der Waals surface area contributed by atoms with Crippen molar-refractivity contribution in [2.45, 2.75) is 95.4 Å². The number of unbranched alkanes of at least 4 members (excludes halogenated alkanes) is 2. The largest absolute Gasteiger partial charge is 0.480 e. The molecule has 0 saturated carbocycles. The van der Waals surface area contributed by atoms with Gasteiger partial charge in [-0.15, -0.1) is 0 Å². The molecule has 36 heavy (non-hydrogen) atoms. The first-order valence-electron chi connectivity index (χ1n) is 12.6. The van der Waals surface area contributed by atoms with Gasteiger partial charge in [0.2, 0.25) is 23.6 Å². The fourth-order valence-corrected chi connectivity index (χ4v) is 4.00. The summed E-state index contributed by atoms with van der Waals surface area (Å²) in [6, 6.07) is -4.57. The van der Waals surface area contributed by atoms with E-state index in [1.165, 1.54) is 18.7 Å². The summed E-state index contributed by atoms with van der Waals surface area (Å²) in [6.45, 7) is 4.18. The number of aliphatic carboxylic acids is 1. The van der Waals surface area contributed by atoms with Crippen LogP contribution in [0.4, 0.5) is 0 Å². The molecule has 1 fully saturated rings. The van der Waals surface area contributed by atoms with Gasteiger partial charge in [0.25, 0.3) is 0 Å². The summed E-state index contributed by atoms with van der Waals surface area (Å²) in [5.41, 5.74) is 16.9. The van der Waals surface area contributed by atoms with E-state index in [-0.39, 0.29) is 6.42 Å². The molecule has 5 atom stereocenters. The number of rotatable bonds is 16. The highest BCUT2D eigenvalue weighted by atomic mass is 16.4. The highest BCUT2D eigenvalue weighted by molar-refractivity contribution is 5.95.